The van der Waals surface area contributed by atoms with Gasteiger partial charge in [-0.05, 0) is 23.8 Å². The normalized spacial score (nSPS) is 15.8. The molecular weight excluding hydrogens is 447 g/mol. The fraction of sp³-hybridized carbons (Fsp3) is 0.160. The first-order chi connectivity index (χ1) is 16.2. The predicted molar refractivity (Wildman–Crippen MR) is 120 cm³/mol. The number of alkyl halides is 3. The number of halogens is 3. The third kappa shape index (κ3) is 4.93. The summed E-state index contributed by atoms with van der Waals surface area (Å²) in [4.78, 5) is 31.3. The summed E-state index contributed by atoms with van der Waals surface area (Å²) >= 11 is 0. The average molecular weight is 467 g/mol. The summed E-state index contributed by atoms with van der Waals surface area (Å²) in [7, 11) is 1.54. The predicted octanol–water partition coefficient (Wildman–Crippen LogP) is 4.77. The molecule has 1 aliphatic rings. The molecule has 0 aromatic heterocycles. The lowest BCUT2D eigenvalue weighted by Gasteiger charge is -2.20. The van der Waals surface area contributed by atoms with Crippen LogP contribution < -0.4 is 10.2 Å². The summed E-state index contributed by atoms with van der Waals surface area (Å²) < 4.78 is 44.3. The first kappa shape index (κ1) is 23.0. The summed E-state index contributed by atoms with van der Waals surface area (Å²) in [5.41, 5.74) is 1.66. The highest BCUT2D eigenvalue weighted by Crippen LogP contribution is 2.31. The van der Waals surface area contributed by atoms with E-state index in [-0.39, 0.29) is 12.3 Å². The van der Waals surface area contributed by atoms with Crippen molar-refractivity contribution in [2.75, 3.05) is 11.9 Å². The van der Waals surface area contributed by atoms with Gasteiger partial charge in [-0.2, -0.15) is 13.2 Å². The molecule has 1 atom stereocenters. The van der Waals surface area contributed by atoms with E-state index in [0.29, 0.717) is 16.8 Å². The molecule has 1 N–H and O–H groups in total. The van der Waals surface area contributed by atoms with Crippen molar-refractivity contribution in [3.63, 3.8) is 0 Å². The van der Waals surface area contributed by atoms with E-state index in [2.05, 4.69) is 10.3 Å². The number of nitrogens with zero attached hydrogens (tertiary/aromatic N) is 2. The van der Waals surface area contributed by atoms with Gasteiger partial charge in [-0.15, -0.1) is 0 Å². The molecule has 3 aromatic rings. The van der Waals surface area contributed by atoms with Gasteiger partial charge in [0.1, 0.15) is 6.61 Å². The molecular formula is C25H20F3N3O3. The van der Waals surface area contributed by atoms with Crippen LogP contribution in [0.25, 0.3) is 0 Å². The Balaban J connectivity index is 1.65. The number of aliphatic imine (C=N–C) groups is 1. The molecule has 0 unspecified atom stereocenters. The standard InChI is InChI=1S/C25H20F3N3O3/c1-31-20-10-6-5-9-19(20)21(17-11-13-18(14-12-17)25(26,27)28)29-22(23(31)32)30-24(33)34-15-16-7-3-2-4-8-16/h2-14,22H,15H2,1H3,(H,30,33)/t22-/m1/s1. The lowest BCUT2D eigenvalue weighted by molar-refractivity contribution is -0.137. The van der Waals surface area contributed by atoms with E-state index < -0.39 is 29.9 Å². The molecule has 1 aliphatic heterocycles. The highest BCUT2D eigenvalue weighted by atomic mass is 19.4. The number of amides is 2. The van der Waals surface area contributed by atoms with Crippen molar-refractivity contribution in [1.82, 2.24) is 5.32 Å². The van der Waals surface area contributed by atoms with Gasteiger partial charge >= 0.3 is 12.3 Å². The monoisotopic (exact) mass is 467 g/mol. The number of benzodiazepines with no additional fused rings is 1. The summed E-state index contributed by atoms with van der Waals surface area (Å²) in [6.07, 6.45) is -6.67. The fourth-order valence-corrected chi connectivity index (χ4v) is 3.54. The summed E-state index contributed by atoms with van der Waals surface area (Å²) in [5, 5.41) is 2.46. The van der Waals surface area contributed by atoms with E-state index in [9.17, 15) is 22.8 Å². The van der Waals surface area contributed by atoms with Gasteiger partial charge < -0.3 is 9.64 Å². The van der Waals surface area contributed by atoms with E-state index in [1.807, 2.05) is 6.07 Å². The molecule has 34 heavy (non-hydrogen) atoms. The van der Waals surface area contributed by atoms with Crippen molar-refractivity contribution in [1.29, 1.82) is 0 Å². The van der Waals surface area contributed by atoms with Crippen LogP contribution in [0, 0.1) is 0 Å². The number of benzene rings is 3. The van der Waals surface area contributed by atoms with Crippen LogP contribution in [0.1, 0.15) is 22.3 Å². The van der Waals surface area contributed by atoms with Crippen LogP contribution in [-0.2, 0) is 22.3 Å². The number of rotatable bonds is 4. The van der Waals surface area contributed by atoms with Crippen LogP contribution in [0.15, 0.2) is 83.9 Å². The zero-order valence-electron chi connectivity index (χ0n) is 18.0. The Bertz CT molecular complexity index is 1230. The van der Waals surface area contributed by atoms with Gasteiger partial charge in [0.05, 0.1) is 17.0 Å². The van der Waals surface area contributed by atoms with Gasteiger partial charge in [-0.3, -0.25) is 10.1 Å². The molecule has 0 fully saturated rings. The third-order valence-corrected chi connectivity index (χ3v) is 5.30. The smallest absolute Gasteiger partial charge is 0.416 e. The van der Waals surface area contributed by atoms with Crippen LogP contribution in [0.3, 0.4) is 0 Å². The van der Waals surface area contributed by atoms with E-state index in [1.54, 1.807) is 48.5 Å². The van der Waals surface area contributed by atoms with Gasteiger partial charge in [-0.25, -0.2) is 9.79 Å². The number of likely N-dealkylation sites (N-methyl/N-ethyl adjacent to an activating group) is 1. The minimum absolute atomic E-state index is 0.000869. The van der Waals surface area contributed by atoms with Gasteiger partial charge in [0.15, 0.2) is 0 Å². The van der Waals surface area contributed by atoms with Gasteiger partial charge in [0.2, 0.25) is 6.17 Å². The molecule has 1 heterocycles. The van der Waals surface area contributed by atoms with Crippen molar-refractivity contribution in [3.8, 4) is 0 Å². The lowest BCUT2D eigenvalue weighted by Crippen LogP contribution is -2.46. The van der Waals surface area contributed by atoms with Crippen molar-refractivity contribution in [3.05, 3.63) is 101 Å². The molecule has 0 bridgehead atoms. The lowest BCUT2D eigenvalue weighted by atomic mass is 9.99. The Labute approximate surface area is 193 Å². The molecule has 9 heteroatoms. The molecule has 2 amide bonds. The highest BCUT2D eigenvalue weighted by molar-refractivity contribution is 6.20. The maximum atomic E-state index is 13.1. The van der Waals surface area contributed by atoms with Crippen LogP contribution >= 0.6 is 0 Å². The van der Waals surface area contributed by atoms with Crippen LogP contribution in [0.2, 0.25) is 0 Å². The Kier molecular flexibility index (Phi) is 6.36. The fourth-order valence-electron chi connectivity index (χ4n) is 3.54. The van der Waals surface area contributed by atoms with E-state index in [0.717, 1.165) is 17.7 Å². The van der Waals surface area contributed by atoms with Gasteiger partial charge in [0, 0.05) is 18.2 Å². The molecule has 0 saturated heterocycles. The largest absolute Gasteiger partial charge is 0.445 e. The molecule has 0 radical (unpaired) electrons. The second kappa shape index (κ2) is 9.38. The number of alkyl carbamates (subject to hydrolysis) is 1. The van der Waals surface area contributed by atoms with Crippen LogP contribution in [0.5, 0.6) is 0 Å². The number of ether oxygens (including phenoxy) is 1. The first-order valence-corrected chi connectivity index (χ1v) is 10.3. The molecule has 6 nitrogen and oxygen atoms in total. The average Bonchev–Trinajstić information content (AvgIpc) is 2.94. The minimum atomic E-state index is -4.48. The third-order valence-electron chi connectivity index (χ3n) is 5.30. The molecule has 3 aromatic carbocycles. The van der Waals surface area contributed by atoms with Gasteiger partial charge in [-0.1, -0.05) is 60.7 Å². The van der Waals surface area contributed by atoms with Crippen molar-refractivity contribution in [2.24, 2.45) is 4.99 Å². The zero-order valence-corrected chi connectivity index (χ0v) is 18.0. The topological polar surface area (TPSA) is 71.0 Å². The second-order valence-corrected chi connectivity index (χ2v) is 7.58. The molecule has 0 aliphatic carbocycles. The number of hydrogen-bond donors (Lipinski definition) is 1. The van der Waals surface area contributed by atoms with Crippen LogP contribution in [-0.4, -0.2) is 30.9 Å². The summed E-state index contributed by atoms with van der Waals surface area (Å²) in [5.74, 6) is -0.522. The Hall–Kier alpha value is -4.14. The first-order valence-electron chi connectivity index (χ1n) is 10.3. The molecule has 0 spiro atoms. The number of carbonyl (C=O) groups excluding carboxylic acids is 2. The summed E-state index contributed by atoms with van der Waals surface area (Å²) in [6, 6.07) is 20.4. The highest BCUT2D eigenvalue weighted by Gasteiger charge is 2.33. The molecule has 4 rings (SSSR count). The number of hydrogen-bond acceptors (Lipinski definition) is 4. The van der Waals surface area contributed by atoms with Crippen molar-refractivity contribution in [2.45, 2.75) is 18.9 Å². The van der Waals surface area contributed by atoms with E-state index in [4.69, 9.17) is 4.74 Å². The van der Waals surface area contributed by atoms with Gasteiger partial charge in [0.25, 0.3) is 5.91 Å². The minimum Gasteiger partial charge on any atom is -0.445 e. The Morgan fingerprint density at radius 1 is 1.00 bits per heavy atom. The number of para-hydroxylation sites is 1. The number of carbonyl (C=O) groups is 2. The summed E-state index contributed by atoms with van der Waals surface area (Å²) in [6.45, 7) is -0.000869. The number of fused-ring (bicyclic) bond motifs is 1. The van der Waals surface area contributed by atoms with E-state index >= 15 is 0 Å². The molecule has 174 valence electrons. The SMILES string of the molecule is CN1C(=O)[C@@H](NC(=O)OCc2ccccc2)N=C(c2ccc(C(F)(F)F)cc2)c2ccccc21. The molecule has 0 saturated carbocycles. The van der Waals surface area contributed by atoms with Crippen molar-refractivity contribution < 1.29 is 27.5 Å². The Morgan fingerprint density at radius 3 is 2.32 bits per heavy atom. The number of nitrogens with one attached hydrogen (secondary N) is 1. The van der Waals surface area contributed by atoms with Crippen molar-refractivity contribution >= 4 is 23.4 Å². The zero-order chi connectivity index (χ0) is 24.3. The maximum Gasteiger partial charge on any atom is 0.416 e. The second-order valence-electron chi connectivity index (χ2n) is 7.58. The van der Waals surface area contributed by atoms with Crippen LogP contribution in [0.4, 0.5) is 23.7 Å². The van der Waals surface area contributed by atoms with E-state index in [1.165, 1.54) is 24.1 Å². The Morgan fingerprint density at radius 2 is 1.65 bits per heavy atom. The maximum absolute atomic E-state index is 13.1. The quantitative estimate of drug-likeness (QED) is 0.601. The number of anilines is 1.